The molecule has 2 aromatic rings. The van der Waals surface area contributed by atoms with Crippen LogP contribution in [0.25, 0.3) is 0 Å². The summed E-state index contributed by atoms with van der Waals surface area (Å²) in [6.45, 7) is 0. The van der Waals surface area contributed by atoms with E-state index in [9.17, 15) is 9.18 Å². The Bertz CT molecular complexity index is 1070. The molecule has 4 rings (SSSR count). The Hall–Kier alpha value is -3.46. The topological polar surface area (TPSA) is 145 Å². The average molecular weight is 438 g/mol. The van der Waals surface area contributed by atoms with Crippen molar-refractivity contribution >= 4 is 23.2 Å². The third-order valence-corrected chi connectivity index (χ3v) is 5.96. The summed E-state index contributed by atoms with van der Waals surface area (Å²) in [5, 5.41) is 6.19. The number of carbonyl (C=O) groups excluding carboxylic acids is 1. The van der Waals surface area contributed by atoms with Crippen molar-refractivity contribution in [1.82, 2.24) is 9.97 Å². The minimum Gasteiger partial charge on any atom is -0.399 e. The molecule has 0 bridgehead atoms. The number of hydrogen-bond acceptors (Lipinski definition) is 7. The molecular formula is C23H28FN7O. The van der Waals surface area contributed by atoms with Crippen LogP contribution in [-0.2, 0) is 0 Å². The third kappa shape index (κ3) is 4.88. The summed E-state index contributed by atoms with van der Waals surface area (Å²) in [6.07, 6.45) is 13.8. The predicted molar refractivity (Wildman–Crippen MR) is 123 cm³/mol. The summed E-state index contributed by atoms with van der Waals surface area (Å²) in [5.74, 6) is -1.09. The van der Waals surface area contributed by atoms with Crippen molar-refractivity contribution in [3.8, 4) is 0 Å². The number of nitrogens with one attached hydrogen (secondary N) is 2. The van der Waals surface area contributed by atoms with Crippen molar-refractivity contribution in [2.45, 2.75) is 50.1 Å². The van der Waals surface area contributed by atoms with Gasteiger partial charge in [-0.15, -0.1) is 0 Å². The zero-order valence-electron chi connectivity index (χ0n) is 17.7. The lowest BCUT2D eigenvalue weighted by Gasteiger charge is -2.30. The molecular weight excluding hydrogens is 409 g/mol. The second-order valence-electron chi connectivity index (χ2n) is 8.32. The number of nitrogens with zero attached hydrogens (tertiary/aromatic N) is 2. The highest BCUT2D eigenvalue weighted by atomic mass is 19.1. The molecule has 2 heterocycles. The number of allylic oxidation sites excluding steroid dienone is 3. The summed E-state index contributed by atoms with van der Waals surface area (Å²) in [7, 11) is 0. The molecule has 1 fully saturated rings. The van der Waals surface area contributed by atoms with E-state index in [0.29, 0.717) is 5.69 Å². The van der Waals surface area contributed by atoms with Crippen molar-refractivity contribution < 1.29 is 9.18 Å². The number of primary amides is 1. The van der Waals surface area contributed by atoms with Crippen molar-refractivity contribution in [1.29, 1.82) is 0 Å². The molecule has 168 valence electrons. The molecule has 1 unspecified atom stereocenters. The Labute approximate surface area is 186 Å². The fourth-order valence-corrected chi connectivity index (χ4v) is 4.14. The highest BCUT2D eigenvalue weighted by Crippen LogP contribution is 2.30. The quantitative estimate of drug-likeness (QED) is 0.467. The molecule has 8 N–H and O–H groups in total. The largest absolute Gasteiger partial charge is 0.399 e. The lowest BCUT2D eigenvalue weighted by atomic mass is 9.91. The van der Waals surface area contributed by atoms with Crippen LogP contribution in [0, 0.1) is 5.82 Å². The first-order valence-electron chi connectivity index (χ1n) is 10.8. The van der Waals surface area contributed by atoms with E-state index < -0.39 is 11.7 Å². The van der Waals surface area contributed by atoms with Crippen molar-refractivity contribution in [2.24, 2.45) is 17.2 Å². The van der Waals surface area contributed by atoms with E-state index in [4.69, 9.17) is 17.2 Å². The number of halogens is 1. The maximum Gasteiger partial charge on any atom is 0.252 e. The Morgan fingerprint density at radius 2 is 1.97 bits per heavy atom. The molecule has 32 heavy (non-hydrogen) atoms. The molecule has 1 amide bonds. The minimum atomic E-state index is -0.778. The maximum absolute atomic E-state index is 14.7. The standard InChI is InChI=1S/C23H28FN7O/c24-18-10-17(21(27)32)22(31-23(18)30-20-4-2-1-3-19(20)26)29-16-9-14(11-28-12-16)13-5-7-15(25)8-6-13/h5,7-13,19-20H,1-4,6,25-26H2,(H2,27,32)(H2,29,30,31)/t13?,19-,20+/m0/s1. The molecule has 8 nitrogen and oxygen atoms in total. The van der Waals surface area contributed by atoms with Crippen LogP contribution in [0.3, 0.4) is 0 Å². The Morgan fingerprint density at radius 3 is 2.69 bits per heavy atom. The number of carbonyl (C=O) groups is 1. The van der Waals surface area contributed by atoms with Gasteiger partial charge < -0.3 is 27.8 Å². The number of nitrogens with two attached hydrogens (primary N) is 3. The van der Waals surface area contributed by atoms with Gasteiger partial charge in [-0.2, -0.15) is 0 Å². The molecule has 0 radical (unpaired) electrons. The van der Waals surface area contributed by atoms with Gasteiger partial charge in [0, 0.05) is 29.9 Å². The second-order valence-corrected chi connectivity index (χ2v) is 8.32. The van der Waals surface area contributed by atoms with Gasteiger partial charge in [-0.05, 0) is 43.0 Å². The summed E-state index contributed by atoms with van der Waals surface area (Å²) < 4.78 is 14.7. The molecule has 3 atom stereocenters. The fourth-order valence-electron chi connectivity index (χ4n) is 4.14. The SMILES string of the molecule is NC(=O)c1cc(F)c(N[C@@H]2CCCC[C@@H]2N)nc1Nc1cncc(C2C=CC(N)=CC2)c1. The van der Waals surface area contributed by atoms with Crippen LogP contribution in [0.15, 0.2) is 48.5 Å². The molecule has 1 saturated carbocycles. The van der Waals surface area contributed by atoms with E-state index in [-0.39, 0.29) is 35.2 Å². The van der Waals surface area contributed by atoms with Crippen LogP contribution in [0.4, 0.5) is 21.7 Å². The minimum absolute atomic E-state index is 0.0415. The number of rotatable bonds is 6. The fraction of sp³-hybridized carbons (Fsp3) is 0.348. The molecule has 0 aliphatic heterocycles. The van der Waals surface area contributed by atoms with E-state index in [1.165, 1.54) is 0 Å². The van der Waals surface area contributed by atoms with Crippen LogP contribution in [0.5, 0.6) is 0 Å². The normalized spacial score (nSPS) is 22.8. The highest BCUT2D eigenvalue weighted by molar-refractivity contribution is 5.98. The van der Waals surface area contributed by atoms with E-state index >= 15 is 0 Å². The van der Waals surface area contributed by atoms with Gasteiger partial charge >= 0.3 is 0 Å². The number of amides is 1. The van der Waals surface area contributed by atoms with Crippen LogP contribution >= 0.6 is 0 Å². The van der Waals surface area contributed by atoms with Crippen LogP contribution in [0.2, 0.25) is 0 Å². The van der Waals surface area contributed by atoms with E-state index in [1.807, 2.05) is 24.3 Å². The smallest absolute Gasteiger partial charge is 0.252 e. The Morgan fingerprint density at radius 1 is 1.16 bits per heavy atom. The van der Waals surface area contributed by atoms with Gasteiger partial charge in [0.05, 0.1) is 17.4 Å². The summed E-state index contributed by atoms with van der Waals surface area (Å²) in [4.78, 5) is 20.6. The maximum atomic E-state index is 14.7. The summed E-state index contributed by atoms with van der Waals surface area (Å²) >= 11 is 0. The van der Waals surface area contributed by atoms with Crippen molar-refractivity contribution in [2.75, 3.05) is 10.6 Å². The van der Waals surface area contributed by atoms with Crippen molar-refractivity contribution in [3.63, 3.8) is 0 Å². The van der Waals surface area contributed by atoms with Gasteiger partial charge in [0.15, 0.2) is 11.6 Å². The average Bonchev–Trinajstić information content (AvgIpc) is 2.78. The van der Waals surface area contributed by atoms with Crippen LogP contribution in [-0.4, -0.2) is 28.0 Å². The van der Waals surface area contributed by atoms with E-state index in [1.54, 1.807) is 12.4 Å². The first-order chi connectivity index (χ1) is 15.4. The Balaban J connectivity index is 1.60. The van der Waals surface area contributed by atoms with Gasteiger partial charge in [-0.1, -0.05) is 25.0 Å². The number of anilines is 3. The zero-order valence-corrected chi connectivity index (χ0v) is 17.7. The van der Waals surface area contributed by atoms with E-state index in [2.05, 4.69) is 20.6 Å². The summed E-state index contributed by atoms with van der Waals surface area (Å²) in [6, 6.07) is 2.85. The highest BCUT2D eigenvalue weighted by Gasteiger charge is 2.24. The molecule has 2 aliphatic rings. The lowest BCUT2D eigenvalue weighted by Crippen LogP contribution is -2.43. The van der Waals surface area contributed by atoms with Gasteiger partial charge in [-0.3, -0.25) is 9.78 Å². The van der Waals surface area contributed by atoms with Gasteiger partial charge in [0.25, 0.3) is 5.91 Å². The lowest BCUT2D eigenvalue weighted by molar-refractivity contribution is 0.100. The van der Waals surface area contributed by atoms with Crippen LogP contribution in [0.1, 0.15) is 53.9 Å². The van der Waals surface area contributed by atoms with Gasteiger partial charge in [-0.25, -0.2) is 9.37 Å². The number of aromatic nitrogens is 2. The first kappa shape index (κ1) is 21.8. The molecule has 0 saturated heterocycles. The number of pyridine rings is 2. The number of hydrogen-bond donors (Lipinski definition) is 5. The summed E-state index contributed by atoms with van der Waals surface area (Å²) in [5.41, 5.74) is 19.8. The van der Waals surface area contributed by atoms with E-state index in [0.717, 1.165) is 49.4 Å². The molecule has 2 aliphatic carbocycles. The molecule has 0 spiro atoms. The zero-order chi connectivity index (χ0) is 22.7. The predicted octanol–water partition coefficient (Wildman–Crippen LogP) is 3.03. The van der Waals surface area contributed by atoms with Crippen LogP contribution < -0.4 is 27.8 Å². The van der Waals surface area contributed by atoms with Gasteiger partial charge in [0.2, 0.25) is 0 Å². The third-order valence-electron chi connectivity index (χ3n) is 5.96. The second kappa shape index (κ2) is 9.35. The van der Waals surface area contributed by atoms with Crippen molar-refractivity contribution in [3.05, 3.63) is 65.4 Å². The molecule has 9 heteroatoms. The Kier molecular flexibility index (Phi) is 6.36. The molecule has 2 aromatic heterocycles. The monoisotopic (exact) mass is 437 g/mol. The van der Waals surface area contributed by atoms with Gasteiger partial charge in [0.1, 0.15) is 5.82 Å². The molecule has 0 aromatic carbocycles. The first-order valence-corrected chi connectivity index (χ1v) is 10.8.